The quantitative estimate of drug-likeness (QED) is 0.812. The normalized spacial score (nSPS) is 11.4. The van der Waals surface area contributed by atoms with Gasteiger partial charge in [-0.2, -0.15) is 0 Å². The number of carbonyl (C=O) groups excluding carboxylic acids is 1. The molecule has 2 aromatic rings. The van der Waals surface area contributed by atoms with Crippen LogP contribution in [0.15, 0.2) is 54.6 Å². The van der Waals surface area contributed by atoms with Crippen LogP contribution in [-0.4, -0.2) is 20.6 Å². The minimum atomic E-state index is -3.43. The molecule has 0 bridgehead atoms. The molecule has 0 aliphatic heterocycles. The van der Waals surface area contributed by atoms with E-state index in [9.17, 15) is 13.2 Å². The van der Waals surface area contributed by atoms with Gasteiger partial charge in [-0.15, -0.1) is 0 Å². The first-order valence-electron chi connectivity index (χ1n) is 6.65. The maximum absolute atomic E-state index is 12.0. The van der Waals surface area contributed by atoms with Crippen LogP contribution in [0.25, 0.3) is 6.08 Å². The SMILES string of the molecule is CS(=O)(=O)Nc1ccccc1NC(=O)C=Cc1cccc(Cl)c1. The molecule has 7 heteroatoms. The largest absolute Gasteiger partial charge is 0.321 e. The van der Waals surface area contributed by atoms with E-state index in [1.807, 2.05) is 6.07 Å². The Morgan fingerprint density at radius 3 is 2.43 bits per heavy atom. The average Bonchev–Trinajstić information content (AvgIpc) is 2.46. The number of benzene rings is 2. The lowest BCUT2D eigenvalue weighted by atomic mass is 10.2. The smallest absolute Gasteiger partial charge is 0.248 e. The molecule has 2 aromatic carbocycles. The van der Waals surface area contributed by atoms with Gasteiger partial charge in [-0.3, -0.25) is 9.52 Å². The summed E-state index contributed by atoms with van der Waals surface area (Å²) in [5.41, 5.74) is 1.47. The van der Waals surface area contributed by atoms with Crippen LogP contribution in [0.2, 0.25) is 5.02 Å². The Kier molecular flexibility index (Phi) is 5.41. The van der Waals surface area contributed by atoms with Gasteiger partial charge in [-0.25, -0.2) is 8.42 Å². The van der Waals surface area contributed by atoms with E-state index >= 15 is 0 Å². The van der Waals surface area contributed by atoms with E-state index in [1.54, 1.807) is 48.5 Å². The Bertz CT molecular complexity index is 848. The van der Waals surface area contributed by atoms with Crippen molar-refractivity contribution in [3.05, 3.63) is 65.2 Å². The number of carbonyl (C=O) groups is 1. The number of anilines is 2. The van der Waals surface area contributed by atoms with Gasteiger partial charge in [-0.05, 0) is 35.9 Å². The first kappa shape index (κ1) is 17.1. The third-order valence-corrected chi connectivity index (χ3v) is 3.58. The second kappa shape index (κ2) is 7.30. The maximum atomic E-state index is 12.0. The zero-order valence-corrected chi connectivity index (χ0v) is 13.9. The third kappa shape index (κ3) is 5.77. The Morgan fingerprint density at radius 2 is 1.78 bits per heavy atom. The number of halogens is 1. The highest BCUT2D eigenvalue weighted by Crippen LogP contribution is 2.22. The molecule has 0 saturated carbocycles. The molecular weight excluding hydrogens is 336 g/mol. The lowest BCUT2D eigenvalue weighted by Gasteiger charge is -2.10. The Morgan fingerprint density at radius 1 is 1.09 bits per heavy atom. The van der Waals surface area contributed by atoms with Crippen LogP contribution < -0.4 is 10.0 Å². The highest BCUT2D eigenvalue weighted by Gasteiger charge is 2.08. The van der Waals surface area contributed by atoms with Gasteiger partial charge < -0.3 is 5.32 Å². The van der Waals surface area contributed by atoms with E-state index in [0.717, 1.165) is 11.8 Å². The Hall–Kier alpha value is -2.31. The second-order valence-corrected chi connectivity index (χ2v) is 6.98. The molecule has 0 radical (unpaired) electrons. The lowest BCUT2D eigenvalue weighted by Crippen LogP contribution is -2.14. The molecule has 0 aliphatic rings. The second-order valence-electron chi connectivity index (χ2n) is 4.80. The van der Waals surface area contributed by atoms with Crippen molar-refractivity contribution >= 4 is 45.0 Å². The van der Waals surface area contributed by atoms with Crippen LogP contribution in [0.4, 0.5) is 11.4 Å². The van der Waals surface area contributed by atoms with E-state index in [1.165, 1.54) is 6.08 Å². The van der Waals surface area contributed by atoms with Crippen molar-refractivity contribution in [2.45, 2.75) is 0 Å². The van der Waals surface area contributed by atoms with Gasteiger partial charge in [0, 0.05) is 11.1 Å². The van der Waals surface area contributed by atoms with Gasteiger partial charge in [0.25, 0.3) is 0 Å². The first-order valence-corrected chi connectivity index (χ1v) is 8.92. The van der Waals surface area contributed by atoms with E-state index in [2.05, 4.69) is 10.0 Å². The molecule has 23 heavy (non-hydrogen) atoms. The summed E-state index contributed by atoms with van der Waals surface area (Å²) in [6, 6.07) is 13.6. The van der Waals surface area contributed by atoms with Crippen LogP contribution in [0, 0.1) is 0 Å². The number of hydrogen-bond acceptors (Lipinski definition) is 3. The number of sulfonamides is 1. The van der Waals surface area contributed by atoms with Crippen molar-refractivity contribution in [3.8, 4) is 0 Å². The highest BCUT2D eigenvalue weighted by atomic mass is 35.5. The predicted octanol–water partition coefficient (Wildman–Crippen LogP) is 3.36. The van der Waals surface area contributed by atoms with Crippen LogP contribution >= 0.6 is 11.6 Å². The van der Waals surface area contributed by atoms with Crippen LogP contribution in [0.3, 0.4) is 0 Å². The topological polar surface area (TPSA) is 75.3 Å². The summed E-state index contributed by atoms with van der Waals surface area (Å²) >= 11 is 5.87. The summed E-state index contributed by atoms with van der Waals surface area (Å²) in [6.07, 6.45) is 4.02. The Balaban J connectivity index is 2.11. The molecule has 0 spiro atoms. The summed E-state index contributed by atoms with van der Waals surface area (Å²) < 4.78 is 25.0. The number of amides is 1. The molecule has 120 valence electrons. The number of rotatable bonds is 5. The summed E-state index contributed by atoms with van der Waals surface area (Å²) in [4.78, 5) is 12.0. The van der Waals surface area contributed by atoms with E-state index in [0.29, 0.717) is 16.4 Å². The zero-order valence-electron chi connectivity index (χ0n) is 12.3. The summed E-state index contributed by atoms with van der Waals surface area (Å²) in [5.74, 6) is -0.382. The molecule has 0 fully saturated rings. The minimum Gasteiger partial charge on any atom is -0.321 e. The van der Waals surface area contributed by atoms with Gasteiger partial charge in [0.2, 0.25) is 15.9 Å². The fraction of sp³-hybridized carbons (Fsp3) is 0.0625. The predicted molar refractivity (Wildman–Crippen MR) is 94.0 cm³/mol. The van der Waals surface area contributed by atoms with Crippen molar-refractivity contribution in [1.29, 1.82) is 0 Å². The van der Waals surface area contributed by atoms with Gasteiger partial charge in [-0.1, -0.05) is 35.9 Å². The van der Waals surface area contributed by atoms with Gasteiger partial charge >= 0.3 is 0 Å². The third-order valence-electron chi connectivity index (χ3n) is 2.76. The highest BCUT2D eigenvalue weighted by molar-refractivity contribution is 7.92. The van der Waals surface area contributed by atoms with Crippen molar-refractivity contribution in [2.24, 2.45) is 0 Å². The summed E-state index contributed by atoms with van der Waals surface area (Å²) in [5, 5.41) is 3.21. The van der Waals surface area contributed by atoms with Crippen molar-refractivity contribution in [3.63, 3.8) is 0 Å². The number of para-hydroxylation sites is 2. The van der Waals surface area contributed by atoms with E-state index in [4.69, 9.17) is 11.6 Å². The summed E-state index contributed by atoms with van der Waals surface area (Å²) in [6.45, 7) is 0. The molecular formula is C16H15ClN2O3S. The summed E-state index contributed by atoms with van der Waals surface area (Å²) in [7, 11) is -3.43. The number of hydrogen-bond donors (Lipinski definition) is 2. The molecule has 0 saturated heterocycles. The molecule has 1 amide bonds. The van der Waals surface area contributed by atoms with Crippen LogP contribution in [0.5, 0.6) is 0 Å². The van der Waals surface area contributed by atoms with Crippen LogP contribution in [0.1, 0.15) is 5.56 Å². The zero-order chi connectivity index (χ0) is 16.9. The lowest BCUT2D eigenvalue weighted by molar-refractivity contribution is -0.111. The fourth-order valence-corrected chi connectivity index (χ4v) is 2.61. The minimum absolute atomic E-state index is 0.305. The maximum Gasteiger partial charge on any atom is 0.248 e. The van der Waals surface area contributed by atoms with Gasteiger partial charge in [0.15, 0.2) is 0 Å². The molecule has 0 atom stereocenters. The molecule has 2 N–H and O–H groups in total. The van der Waals surface area contributed by atoms with Gasteiger partial charge in [0.1, 0.15) is 0 Å². The molecule has 0 aromatic heterocycles. The Labute approximate surface area is 140 Å². The first-order chi connectivity index (χ1) is 10.8. The monoisotopic (exact) mass is 350 g/mol. The standard InChI is InChI=1S/C16H15ClN2O3S/c1-23(21,22)19-15-8-3-2-7-14(15)18-16(20)10-9-12-5-4-6-13(17)11-12/h2-11,19H,1H3,(H,18,20). The average molecular weight is 351 g/mol. The van der Waals surface area contributed by atoms with Gasteiger partial charge in [0.05, 0.1) is 17.6 Å². The van der Waals surface area contributed by atoms with E-state index < -0.39 is 10.0 Å². The fourth-order valence-electron chi connectivity index (χ4n) is 1.84. The van der Waals surface area contributed by atoms with Crippen molar-refractivity contribution in [1.82, 2.24) is 0 Å². The molecule has 0 aliphatic carbocycles. The molecule has 0 unspecified atom stereocenters. The molecule has 2 rings (SSSR count). The number of nitrogens with one attached hydrogen (secondary N) is 2. The molecule has 5 nitrogen and oxygen atoms in total. The molecule has 0 heterocycles. The van der Waals surface area contributed by atoms with Crippen molar-refractivity contribution < 1.29 is 13.2 Å². The van der Waals surface area contributed by atoms with Crippen molar-refractivity contribution in [2.75, 3.05) is 16.3 Å². The van der Waals surface area contributed by atoms with Crippen LogP contribution in [-0.2, 0) is 14.8 Å². The van der Waals surface area contributed by atoms with E-state index in [-0.39, 0.29) is 5.91 Å².